The minimum absolute atomic E-state index is 0.147. The Bertz CT molecular complexity index is 880. The monoisotopic (exact) mass is 306 g/mol. The Morgan fingerprint density at radius 1 is 1.35 bits per heavy atom. The summed E-state index contributed by atoms with van der Waals surface area (Å²) in [7, 11) is 0. The van der Waals surface area contributed by atoms with Crippen molar-refractivity contribution < 1.29 is 4.79 Å². The van der Waals surface area contributed by atoms with E-state index >= 15 is 0 Å². The van der Waals surface area contributed by atoms with Gasteiger partial charge in [-0.15, -0.1) is 0 Å². The molecule has 1 aliphatic rings. The minimum Gasteiger partial charge on any atom is -0.319 e. The Hall–Kier alpha value is -2.69. The summed E-state index contributed by atoms with van der Waals surface area (Å²) in [5, 5.41) is 8.18. The quantitative estimate of drug-likeness (QED) is 0.803. The van der Waals surface area contributed by atoms with Gasteiger partial charge in [0.2, 0.25) is 0 Å². The van der Waals surface area contributed by atoms with Gasteiger partial charge in [0.25, 0.3) is 5.91 Å². The number of carbonyl (C=O) groups is 1. The molecule has 1 amide bonds. The first-order valence-electron chi connectivity index (χ1n) is 7.89. The molecule has 5 heteroatoms. The third kappa shape index (κ3) is 2.95. The van der Waals surface area contributed by atoms with Crippen molar-refractivity contribution in [2.24, 2.45) is 5.92 Å². The van der Waals surface area contributed by atoms with E-state index in [9.17, 15) is 4.79 Å². The normalized spacial score (nSPS) is 14.1. The average molecular weight is 306 g/mol. The molecule has 1 aromatic carbocycles. The number of aromatic nitrogens is 3. The van der Waals surface area contributed by atoms with Gasteiger partial charge in [0.05, 0.1) is 28.7 Å². The Morgan fingerprint density at radius 3 is 3.00 bits per heavy atom. The highest BCUT2D eigenvalue weighted by Gasteiger charge is 2.22. The molecule has 1 saturated carbocycles. The number of anilines is 1. The van der Waals surface area contributed by atoms with E-state index in [1.54, 1.807) is 6.20 Å². The molecule has 0 radical (unpaired) electrons. The SMILES string of the molecule is Cc1nc2ccccc2cc1C(=O)Nc1cnn(CC2CC2)c1. The topological polar surface area (TPSA) is 59.8 Å². The smallest absolute Gasteiger partial charge is 0.257 e. The van der Waals surface area contributed by atoms with E-state index in [4.69, 9.17) is 0 Å². The van der Waals surface area contributed by atoms with Gasteiger partial charge >= 0.3 is 0 Å². The second-order valence-electron chi connectivity index (χ2n) is 6.16. The second kappa shape index (κ2) is 5.50. The number of rotatable bonds is 4. The number of nitrogens with zero attached hydrogens (tertiary/aromatic N) is 3. The van der Waals surface area contributed by atoms with Crippen molar-refractivity contribution in [3.05, 3.63) is 54.0 Å². The van der Waals surface area contributed by atoms with Gasteiger partial charge in [-0.05, 0) is 37.8 Å². The van der Waals surface area contributed by atoms with Gasteiger partial charge < -0.3 is 5.32 Å². The van der Waals surface area contributed by atoms with Crippen LogP contribution in [0, 0.1) is 12.8 Å². The summed E-state index contributed by atoms with van der Waals surface area (Å²) in [6.07, 6.45) is 6.15. The lowest BCUT2D eigenvalue weighted by molar-refractivity contribution is 0.102. The number of amides is 1. The minimum atomic E-state index is -0.147. The molecule has 23 heavy (non-hydrogen) atoms. The van der Waals surface area contributed by atoms with Crippen LogP contribution in [0.15, 0.2) is 42.7 Å². The number of para-hydroxylation sites is 1. The summed E-state index contributed by atoms with van der Waals surface area (Å²) >= 11 is 0. The zero-order valence-electron chi connectivity index (χ0n) is 13.0. The van der Waals surface area contributed by atoms with E-state index in [0.29, 0.717) is 5.56 Å². The van der Waals surface area contributed by atoms with E-state index in [1.165, 1.54) is 12.8 Å². The second-order valence-corrected chi connectivity index (χ2v) is 6.16. The first kappa shape index (κ1) is 13.9. The van der Waals surface area contributed by atoms with Gasteiger partial charge in [0, 0.05) is 18.1 Å². The van der Waals surface area contributed by atoms with Gasteiger partial charge in [0.15, 0.2) is 0 Å². The van der Waals surface area contributed by atoms with Crippen molar-refractivity contribution >= 4 is 22.5 Å². The van der Waals surface area contributed by atoms with Crippen LogP contribution in [0.3, 0.4) is 0 Å². The van der Waals surface area contributed by atoms with Crippen molar-refractivity contribution in [1.82, 2.24) is 14.8 Å². The molecule has 0 aliphatic heterocycles. The van der Waals surface area contributed by atoms with Gasteiger partial charge in [-0.3, -0.25) is 14.5 Å². The van der Waals surface area contributed by atoms with Crippen LogP contribution in [0.5, 0.6) is 0 Å². The van der Waals surface area contributed by atoms with Crippen molar-refractivity contribution in [3.63, 3.8) is 0 Å². The third-order valence-electron chi connectivity index (χ3n) is 4.19. The molecule has 0 saturated heterocycles. The van der Waals surface area contributed by atoms with Crippen LogP contribution in [0.25, 0.3) is 10.9 Å². The maximum absolute atomic E-state index is 12.5. The first-order valence-corrected chi connectivity index (χ1v) is 7.89. The highest BCUT2D eigenvalue weighted by Crippen LogP contribution is 2.30. The predicted molar refractivity (Wildman–Crippen MR) is 89.4 cm³/mol. The molecular formula is C18H18N4O. The molecule has 1 fully saturated rings. The first-order chi connectivity index (χ1) is 11.2. The molecule has 1 aliphatic carbocycles. The van der Waals surface area contributed by atoms with Crippen molar-refractivity contribution in [2.75, 3.05) is 5.32 Å². The van der Waals surface area contributed by atoms with Gasteiger partial charge in [0.1, 0.15) is 0 Å². The number of hydrogen-bond acceptors (Lipinski definition) is 3. The van der Waals surface area contributed by atoms with Crippen LogP contribution in [0.1, 0.15) is 28.9 Å². The average Bonchev–Trinajstić information content (AvgIpc) is 3.25. The molecule has 4 rings (SSSR count). The molecule has 1 N–H and O–H groups in total. The molecule has 3 aromatic rings. The van der Waals surface area contributed by atoms with Crippen LogP contribution in [-0.4, -0.2) is 20.7 Å². The molecule has 0 bridgehead atoms. The van der Waals surface area contributed by atoms with E-state index in [2.05, 4.69) is 15.4 Å². The zero-order valence-corrected chi connectivity index (χ0v) is 13.0. The van der Waals surface area contributed by atoms with Gasteiger partial charge in [-0.25, -0.2) is 0 Å². The maximum Gasteiger partial charge on any atom is 0.257 e. The molecule has 116 valence electrons. The maximum atomic E-state index is 12.5. The number of carbonyl (C=O) groups excluding carboxylic acids is 1. The molecule has 2 heterocycles. The van der Waals surface area contributed by atoms with Crippen LogP contribution < -0.4 is 5.32 Å². The number of nitrogens with one attached hydrogen (secondary N) is 1. The zero-order chi connectivity index (χ0) is 15.8. The van der Waals surface area contributed by atoms with E-state index < -0.39 is 0 Å². The van der Waals surface area contributed by atoms with Crippen LogP contribution in [0.2, 0.25) is 0 Å². The van der Waals surface area contributed by atoms with E-state index in [1.807, 2.05) is 48.1 Å². The Kier molecular flexibility index (Phi) is 3.33. The summed E-state index contributed by atoms with van der Waals surface area (Å²) in [6.45, 7) is 2.80. The number of fused-ring (bicyclic) bond motifs is 1. The van der Waals surface area contributed by atoms with Crippen molar-refractivity contribution in [3.8, 4) is 0 Å². The fourth-order valence-electron chi connectivity index (χ4n) is 2.73. The molecule has 0 spiro atoms. The number of pyridine rings is 1. The lowest BCUT2D eigenvalue weighted by Crippen LogP contribution is -2.14. The molecular weight excluding hydrogens is 288 g/mol. The van der Waals surface area contributed by atoms with Crippen LogP contribution >= 0.6 is 0 Å². The summed E-state index contributed by atoms with van der Waals surface area (Å²) in [6, 6.07) is 9.70. The largest absolute Gasteiger partial charge is 0.319 e. The Balaban J connectivity index is 1.56. The van der Waals surface area contributed by atoms with Crippen molar-refractivity contribution in [2.45, 2.75) is 26.3 Å². The molecule has 0 atom stereocenters. The Morgan fingerprint density at radius 2 is 2.17 bits per heavy atom. The highest BCUT2D eigenvalue weighted by atomic mass is 16.1. The van der Waals surface area contributed by atoms with Gasteiger partial charge in [-0.2, -0.15) is 5.10 Å². The van der Waals surface area contributed by atoms with Gasteiger partial charge in [-0.1, -0.05) is 18.2 Å². The highest BCUT2D eigenvalue weighted by molar-refractivity contribution is 6.06. The summed E-state index contributed by atoms with van der Waals surface area (Å²) in [5.74, 6) is 0.608. The summed E-state index contributed by atoms with van der Waals surface area (Å²) in [4.78, 5) is 17.0. The Labute approximate surface area is 134 Å². The van der Waals surface area contributed by atoms with Crippen LogP contribution in [0.4, 0.5) is 5.69 Å². The van der Waals surface area contributed by atoms with Crippen LogP contribution in [-0.2, 0) is 6.54 Å². The summed E-state index contributed by atoms with van der Waals surface area (Å²) in [5.41, 5.74) is 2.95. The van der Waals surface area contributed by atoms with E-state index in [-0.39, 0.29) is 5.91 Å². The molecule has 2 aromatic heterocycles. The molecule has 0 unspecified atom stereocenters. The molecule has 5 nitrogen and oxygen atoms in total. The fourth-order valence-corrected chi connectivity index (χ4v) is 2.73. The fraction of sp³-hybridized carbons (Fsp3) is 0.278. The standard InChI is InChI=1S/C18H18N4O/c1-12-16(8-14-4-2-3-5-17(14)20-12)18(23)21-15-9-19-22(11-15)10-13-6-7-13/h2-5,8-9,11,13H,6-7,10H2,1H3,(H,21,23). The number of hydrogen-bond donors (Lipinski definition) is 1. The van der Waals surface area contributed by atoms with E-state index in [0.717, 1.165) is 34.7 Å². The van der Waals surface area contributed by atoms with Crippen molar-refractivity contribution in [1.29, 1.82) is 0 Å². The lowest BCUT2D eigenvalue weighted by atomic mass is 10.1. The predicted octanol–water partition coefficient (Wildman–Crippen LogP) is 3.40. The third-order valence-corrected chi connectivity index (χ3v) is 4.19. The number of aryl methyl sites for hydroxylation is 1. The summed E-state index contributed by atoms with van der Waals surface area (Å²) < 4.78 is 1.90. The lowest BCUT2D eigenvalue weighted by Gasteiger charge is -2.07. The number of benzene rings is 1.